The maximum absolute atomic E-state index is 13.0. The van der Waals surface area contributed by atoms with Crippen molar-refractivity contribution in [3.63, 3.8) is 0 Å². The molecule has 2 unspecified atom stereocenters. The van der Waals surface area contributed by atoms with Crippen molar-refractivity contribution in [2.45, 2.75) is 37.8 Å². The van der Waals surface area contributed by atoms with Crippen molar-refractivity contribution in [3.05, 3.63) is 73.6 Å². The summed E-state index contributed by atoms with van der Waals surface area (Å²) in [6.07, 6.45) is -7.75. The Hall–Kier alpha value is -2.57. The molecule has 8 nitrogen and oxygen atoms in total. The maximum Gasteiger partial charge on any atom is 0.416 e. The zero-order valence-electron chi connectivity index (χ0n) is 18.3. The largest absolute Gasteiger partial charge is 0.416 e. The lowest BCUT2D eigenvalue weighted by molar-refractivity contribution is -0.207. The molecule has 3 rings (SSSR count). The molecule has 1 aromatic heterocycles. The summed E-state index contributed by atoms with van der Waals surface area (Å²) < 4.78 is 40.3. The zero-order valence-corrected chi connectivity index (χ0v) is 20.6. The maximum atomic E-state index is 13.0. The molecule has 3 aromatic rings. The van der Waals surface area contributed by atoms with E-state index >= 15 is 0 Å². The van der Waals surface area contributed by atoms with E-state index < -0.39 is 43.0 Å². The van der Waals surface area contributed by atoms with Gasteiger partial charge in [-0.25, -0.2) is 9.48 Å². The molecule has 0 saturated carbocycles. The highest BCUT2D eigenvalue weighted by Gasteiger charge is 2.39. The molecule has 0 bridgehead atoms. The van der Waals surface area contributed by atoms with Crippen molar-refractivity contribution in [3.8, 4) is 11.4 Å². The van der Waals surface area contributed by atoms with E-state index in [0.717, 1.165) is 0 Å². The number of nitrogens with one attached hydrogen (secondary N) is 1. The zero-order chi connectivity index (χ0) is 26.6. The number of hydrogen-bond donors (Lipinski definition) is 3. The molecule has 0 saturated heterocycles. The second kappa shape index (κ2) is 11.7. The highest BCUT2D eigenvalue weighted by molar-refractivity contribution is 6.42. The Kier molecular flexibility index (Phi) is 9.07. The van der Waals surface area contributed by atoms with Gasteiger partial charge in [-0.3, -0.25) is 9.36 Å². The molecule has 0 spiro atoms. The lowest BCUT2D eigenvalue weighted by Gasteiger charge is -2.20. The topological polar surface area (TPSA) is 109 Å². The summed E-state index contributed by atoms with van der Waals surface area (Å²) in [5.74, 6) is -0.923. The van der Waals surface area contributed by atoms with Crippen LogP contribution in [0.4, 0.5) is 13.2 Å². The molecule has 0 aliphatic heterocycles. The van der Waals surface area contributed by atoms with Crippen molar-refractivity contribution < 1.29 is 28.2 Å². The molecule has 1 amide bonds. The third-order valence-corrected chi connectivity index (χ3v) is 6.25. The van der Waals surface area contributed by atoms with Crippen LogP contribution in [0.15, 0.2) is 47.3 Å². The average molecular weight is 568 g/mol. The number of aliphatic hydroxyl groups excluding tert-OH is 2. The van der Waals surface area contributed by atoms with Gasteiger partial charge >= 0.3 is 11.9 Å². The van der Waals surface area contributed by atoms with E-state index in [-0.39, 0.29) is 34.5 Å². The minimum atomic E-state index is -4.98. The number of alkyl halides is 3. The summed E-state index contributed by atoms with van der Waals surface area (Å²) in [4.78, 5) is 25.7. The van der Waals surface area contributed by atoms with Crippen LogP contribution in [-0.4, -0.2) is 49.4 Å². The number of carbonyl (C=O) groups excluding carboxylic acids is 1. The first-order valence-corrected chi connectivity index (χ1v) is 11.6. The first-order valence-electron chi connectivity index (χ1n) is 10.4. The van der Waals surface area contributed by atoms with E-state index in [1.807, 2.05) is 0 Å². The number of nitrogens with zero attached hydrogens (tertiary/aromatic N) is 3. The fourth-order valence-electron chi connectivity index (χ4n) is 3.40. The van der Waals surface area contributed by atoms with Gasteiger partial charge in [0.2, 0.25) is 5.91 Å². The minimum Gasteiger partial charge on any atom is -0.396 e. The van der Waals surface area contributed by atoms with Gasteiger partial charge in [-0.15, -0.1) is 5.10 Å². The molecule has 2 atom stereocenters. The van der Waals surface area contributed by atoms with E-state index in [1.165, 1.54) is 24.3 Å². The Morgan fingerprint density at radius 3 is 2.39 bits per heavy atom. The second-order valence-corrected chi connectivity index (χ2v) is 8.94. The molecule has 0 aliphatic rings. The van der Waals surface area contributed by atoms with Crippen LogP contribution in [0.25, 0.3) is 11.4 Å². The van der Waals surface area contributed by atoms with E-state index in [2.05, 4.69) is 10.4 Å². The molecule has 0 fully saturated rings. The normalized spacial score (nSPS) is 13.4. The van der Waals surface area contributed by atoms with Crippen molar-refractivity contribution in [1.29, 1.82) is 0 Å². The molecule has 36 heavy (non-hydrogen) atoms. The summed E-state index contributed by atoms with van der Waals surface area (Å²) >= 11 is 18.1. The number of halogens is 6. The predicted molar refractivity (Wildman–Crippen MR) is 128 cm³/mol. The van der Waals surface area contributed by atoms with Crippen LogP contribution in [0, 0.1) is 0 Å². The third-order valence-electron chi connectivity index (χ3n) is 5.16. The van der Waals surface area contributed by atoms with Gasteiger partial charge in [0.25, 0.3) is 0 Å². The number of carbonyl (C=O) groups is 1. The molecule has 14 heteroatoms. The fourth-order valence-corrected chi connectivity index (χ4v) is 3.96. The van der Waals surface area contributed by atoms with Gasteiger partial charge in [0, 0.05) is 17.2 Å². The molecule has 194 valence electrons. The van der Waals surface area contributed by atoms with E-state index in [0.29, 0.717) is 19.8 Å². The molecular formula is C22H20Cl3F3N4O4. The molecule has 1 heterocycles. The Balaban J connectivity index is 1.92. The Morgan fingerprint density at radius 1 is 1.11 bits per heavy atom. The minimum absolute atomic E-state index is 0.0724. The average Bonchev–Trinajstić information content (AvgIpc) is 3.10. The van der Waals surface area contributed by atoms with Crippen molar-refractivity contribution in [2.75, 3.05) is 6.61 Å². The van der Waals surface area contributed by atoms with Gasteiger partial charge in [0.15, 0.2) is 11.9 Å². The second-order valence-electron chi connectivity index (χ2n) is 7.71. The van der Waals surface area contributed by atoms with Crippen LogP contribution in [0.2, 0.25) is 15.1 Å². The van der Waals surface area contributed by atoms with E-state index in [1.54, 1.807) is 18.2 Å². The van der Waals surface area contributed by atoms with Crippen LogP contribution < -0.4 is 11.0 Å². The summed E-state index contributed by atoms with van der Waals surface area (Å²) in [6.45, 7) is -2.10. The van der Waals surface area contributed by atoms with Gasteiger partial charge in [0.05, 0.1) is 22.6 Å². The van der Waals surface area contributed by atoms with E-state index in [9.17, 15) is 33.0 Å². The van der Waals surface area contributed by atoms with Crippen LogP contribution in [0.3, 0.4) is 0 Å². The lowest BCUT2D eigenvalue weighted by atomic mass is 10.0. The third kappa shape index (κ3) is 6.60. The quantitative estimate of drug-likeness (QED) is 0.364. The summed E-state index contributed by atoms with van der Waals surface area (Å²) in [6, 6.07) is 9.76. The van der Waals surface area contributed by atoms with Crippen molar-refractivity contribution in [1.82, 2.24) is 19.7 Å². The number of aliphatic hydroxyl groups is 2. The Morgan fingerprint density at radius 2 is 1.78 bits per heavy atom. The Bertz CT molecular complexity index is 1280. The highest BCUT2D eigenvalue weighted by Crippen LogP contribution is 2.31. The summed E-state index contributed by atoms with van der Waals surface area (Å²) in [5, 5.41) is 26.4. The number of rotatable bonds is 9. The Labute approximate surface area is 217 Å². The van der Waals surface area contributed by atoms with Crippen molar-refractivity contribution in [2.24, 2.45) is 0 Å². The van der Waals surface area contributed by atoms with Gasteiger partial charge in [-0.2, -0.15) is 13.2 Å². The van der Waals surface area contributed by atoms with Crippen molar-refractivity contribution >= 4 is 40.7 Å². The monoisotopic (exact) mass is 566 g/mol. The number of benzene rings is 2. The summed E-state index contributed by atoms with van der Waals surface area (Å²) in [5.41, 5.74) is -0.369. The lowest BCUT2D eigenvalue weighted by Crippen LogP contribution is -2.39. The van der Waals surface area contributed by atoms with Gasteiger partial charge < -0.3 is 15.5 Å². The van der Waals surface area contributed by atoms with Crippen LogP contribution in [-0.2, 0) is 17.9 Å². The number of aromatic nitrogens is 3. The molecular weight excluding hydrogens is 548 g/mol. The fraction of sp³-hybridized carbons (Fsp3) is 0.318. The molecule has 0 aliphatic carbocycles. The SMILES string of the molecule is O=C(Cn1nc(-c2ccc(Cl)cc2)n(CC(O)C(F)(F)F)c1=O)NC(CCO)c1cccc(Cl)c1Cl. The van der Waals surface area contributed by atoms with E-state index in [4.69, 9.17) is 34.8 Å². The first-order chi connectivity index (χ1) is 16.9. The standard InChI is InChI=1S/C22H20Cl3F3N4O4/c23-13-6-4-12(5-7-13)20-30-32(21(36)31(20)10-17(34)22(26,27)28)11-18(35)29-16(8-9-33)14-2-1-3-15(24)19(14)25/h1-7,16-17,33-34H,8-11H2,(H,29,35). The summed E-state index contributed by atoms with van der Waals surface area (Å²) in [7, 11) is 0. The first kappa shape index (κ1) is 28.0. The molecule has 3 N–H and O–H groups in total. The number of hydrogen-bond acceptors (Lipinski definition) is 5. The van der Waals surface area contributed by atoms with Crippen LogP contribution in [0.5, 0.6) is 0 Å². The smallest absolute Gasteiger partial charge is 0.396 e. The molecule has 0 radical (unpaired) electrons. The predicted octanol–water partition coefficient (Wildman–Crippen LogP) is 3.84. The van der Waals surface area contributed by atoms with Crippen LogP contribution in [0.1, 0.15) is 18.0 Å². The van der Waals surface area contributed by atoms with Gasteiger partial charge in [0.1, 0.15) is 6.54 Å². The number of amides is 1. The van der Waals surface area contributed by atoms with Crippen LogP contribution >= 0.6 is 34.8 Å². The van der Waals surface area contributed by atoms with Gasteiger partial charge in [-0.05, 0) is 42.3 Å². The highest BCUT2D eigenvalue weighted by atomic mass is 35.5. The molecule has 2 aromatic carbocycles. The van der Waals surface area contributed by atoms with Gasteiger partial charge in [-0.1, -0.05) is 46.9 Å².